The van der Waals surface area contributed by atoms with E-state index >= 15 is 0 Å². The maximum atomic E-state index is 12.0. The SMILES string of the molecule is C[C@@H](OC(=O)c1ccc[nH]c1=O)C(=O)Nc1ccc(Br)cc1. The highest BCUT2D eigenvalue weighted by molar-refractivity contribution is 9.10. The predicted molar refractivity (Wildman–Crippen MR) is 84.7 cm³/mol. The van der Waals surface area contributed by atoms with Crippen LogP contribution in [0.3, 0.4) is 0 Å². The maximum Gasteiger partial charge on any atom is 0.344 e. The molecule has 2 N–H and O–H groups in total. The molecule has 1 heterocycles. The van der Waals surface area contributed by atoms with Crippen molar-refractivity contribution in [3.05, 3.63) is 63.0 Å². The molecule has 0 saturated carbocycles. The zero-order valence-corrected chi connectivity index (χ0v) is 13.2. The average Bonchev–Trinajstić information content (AvgIpc) is 2.49. The number of hydrogen-bond acceptors (Lipinski definition) is 4. The van der Waals surface area contributed by atoms with E-state index in [2.05, 4.69) is 26.2 Å². The van der Waals surface area contributed by atoms with E-state index in [-0.39, 0.29) is 5.56 Å². The van der Waals surface area contributed by atoms with Crippen molar-refractivity contribution in [2.45, 2.75) is 13.0 Å². The van der Waals surface area contributed by atoms with Crippen LogP contribution in [0, 0.1) is 0 Å². The van der Waals surface area contributed by atoms with Gasteiger partial charge in [0, 0.05) is 16.4 Å². The number of ether oxygens (including phenoxy) is 1. The highest BCUT2D eigenvalue weighted by Crippen LogP contribution is 2.14. The van der Waals surface area contributed by atoms with Crippen molar-refractivity contribution in [1.82, 2.24) is 4.98 Å². The Labute approximate surface area is 134 Å². The second-order valence-electron chi connectivity index (χ2n) is 4.46. The number of aromatic amines is 1. The van der Waals surface area contributed by atoms with Crippen molar-refractivity contribution < 1.29 is 14.3 Å². The number of nitrogens with one attached hydrogen (secondary N) is 2. The van der Waals surface area contributed by atoms with Gasteiger partial charge in [-0.25, -0.2) is 4.79 Å². The number of benzene rings is 1. The van der Waals surface area contributed by atoms with E-state index in [4.69, 9.17) is 4.74 Å². The quantitative estimate of drug-likeness (QED) is 0.814. The van der Waals surface area contributed by atoms with Crippen LogP contribution in [-0.2, 0) is 9.53 Å². The third kappa shape index (κ3) is 4.05. The van der Waals surface area contributed by atoms with E-state index in [0.29, 0.717) is 5.69 Å². The molecule has 114 valence electrons. The fraction of sp³-hybridized carbons (Fsp3) is 0.133. The molecule has 22 heavy (non-hydrogen) atoms. The van der Waals surface area contributed by atoms with Crippen LogP contribution in [-0.4, -0.2) is 23.0 Å². The summed E-state index contributed by atoms with van der Waals surface area (Å²) in [6, 6.07) is 9.80. The van der Waals surface area contributed by atoms with Gasteiger partial charge in [-0.3, -0.25) is 9.59 Å². The lowest BCUT2D eigenvalue weighted by Gasteiger charge is -2.13. The number of H-pyrrole nitrogens is 1. The largest absolute Gasteiger partial charge is 0.449 e. The number of halogens is 1. The molecule has 2 aromatic rings. The van der Waals surface area contributed by atoms with Gasteiger partial charge in [-0.15, -0.1) is 0 Å². The minimum atomic E-state index is -1.03. The zero-order chi connectivity index (χ0) is 16.1. The molecule has 0 aliphatic carbocycles. The monoisotopic (exact) mass is 364 g/mol. The van der Waals surface area contributed by atoms with Crippen LogP contribution in [0.25, 0.3) is 0 Å². The van der Waals surface area contributed by atoms with Crippen molar-refractivity contribution in [1.29, 1.82) is 0 Å². The Hall–Kier alpha value is -2.41. The average molecular weight is 365 g/mol. The summed E-state index contributed by atoms with van der Waals surface area (Å²) < 4.78 is 5.88. The Kier molecular flexibility index (Phi) is 5.11. The van der Waals surface area contributed by atoms with Gasteiger partial charge in [-0.2, -0.15) is 0 Å². The van der Waals surface area contributed by atoms with Crippen LogP contribution >= 0.6 is 15.9 Å². The lowest BCUT2D eigenvalue weighted by atomic mass is 10.2. The third-order valence-corrected chi connectivity index (χ3v) is 3.33. The molecule has 1 aromatic carbocycles. The van der Waals surface area contributed by atoms with Crippen molar-refractivity contribution >= 4 is 33.5 Å². The summed E-state index contributed by atoms with van der Waals surface area (Å²) in [5.74, 6) is -1.33. The predicted octanol–water partition coefficient (Wildman–Crippen LogP) is 2.32. The lowest BCUT2D eigenvalue weighted by molar-refractivity contribution is -0.123. The van der Waals surface area contributed by atoms with Gasteiger partial charge >= 0.3 is 5.97 Å². The summed E-state index contributed by atoms with van der Waals surface area (Å²) in [4.78, 5) is 37.7. The smallest absolute Gasteiger partial charge is 0.344 e. The minimum absolute atomic E-state index is 0.147. The summed E-state index contributed by atoms with van der Waals surface area (Å²) in [5.41, 5.74) is -0.132. The second kappa shape index (κ2) is 7.04. The van der Waals surface area contributed by atoms with Gasteiger partial charge in [-0.1, -0.05) is 15.9 Å². The Morgan fingerprint density at radius 3 is 2.55 bits per heavy atom. The summed E-state index contributed by atoms with van der Waals surface area (Å²) in [5, 5.41) is 2.62. The van der Waals surface area contributed by atoms with Crippen LogP contribution in [0.1, 0.15) is 17.3 Å². The molecule has 2 rings (SSSR count). The molecular formula is C15H13BrN2O4. The summed E-state index contributed by atoms with van der Waals surface area (Å²) in [6.07, 6.45) is 0.374. The molecule has 0 spiro atoms. The molecule has 6 nitrogen and oxygen atoms in total. The van der Waals surface area contributed by atoms with Crippen molar-refractivity contribution in [3.8, 4) is 0 Å². The molecule has 0 bridgehead atoms. The number of hydrogen-bond donors (Lipinski definition) is 2. The van der Waals surface area contributed by atoms with E-state index < -0.39 is 23.5 Å². The lowest BCUT2D eigenvalue weighted by Crippen LogP contribution is -2.31. The Morgan fingerprint density at radius 1 is 1.23 bits per heavy atom. The summed E-state index contributed by atoms with van der Waals surface area (Å²) >= 11 is 3.29. The van der Waals surface area contributed by atoms with Gasteiger partial charge in [0.15, 0.2) is 6.10 Å². The number of amides is 1. The van der Waals surface area contributed by atoms with Gasteiger partial charge in [-0.05, 0) is 43.3 Å². The number of carbonyl (C=O) groups is 2. The standard InChI is InChI=1S/C15H13BrN2O4/c1-9(13(19)18-11-6-4-10(16)5-7-11)22-15(21)12-3-2-8-17-14(12)20/h2-9H,1H3,(H,17,20)(H,18,19)/t9-/m1/s1. The van der Waals surface area contributed by atoms with Gasteiger partial charge < -0.3 is 15.0 Å². The van der Waals surface area contributed by atoms with Gasteiger partial charge in [0.1, 0.15) is 5.56 Å². The first-order valence-corrected chi connectivity index (χ1v) is 7.22. The molecule has 0 unspecified atom stereocenters. The second-order valence-corrected chi connectivity index (χ2v) is 5.37. The number of carbonyl (C=O) groups excluding carboxylic acids is 2. The zero-order valence-electron chi connectivity index (χ0n) is 11.6. The Morgan fingerprint density at radius 2 is 1.91 bits per heavy atom. The van der Waals surface area contributed by atoms with Gasteiger partial charge in [0.05, 0.1) is 0 Å². The number of anilines is 1. The van der Waals surface area contributed by atoms with Crippen molar-refractivity contribution in [3.63, 3.8) is 0 Å². The molecule has 1 atom stereocenters. The molecule has 0 aliphatic rings. The van der Waals surface area contributed by atoms with Gasteiger partial charge in [0.25, 0.3) is 11.5 Å². The molecule has 0 fully saturated rings. The molecule has 0 radical (unpaired) electrons. The van der Waals surface area contributed by atoms with Crippen LogP contribution in [0.2, 0.25) is 0 Å². The van der Waals surface area contributed by atoms with E-state index in [1.54, 1.807) is 24.3 Å². The van der Waals surface area contributed by atoms with Crippen LogP contribution in [0.4, 0.5) is 5.69 Å². The van der Waals surface area contributed by atoms with E-state index in [1.165, 1.54) is 25.3 Å². The highest BCUT2D eigenvalue weighted by Gasteiger charge is 2.20. The number of pyridine rings is 1. The van der Waals surface area contributed by atoms with Gasteiger partial charge in [0.2, 0.25) is 0 Å². The molecular weight excluding hydrogens is 352 g/mol. The number of esters is 1. The summed E-state index contributed by atoms with van der Waals surface area (Å²) in [6.45, 7) is 1.43. The van der Waals surface area contributed by atoms with Crippen LogP contribution in [0.5, 0.6) is 0 Å². The van der Waals surface area contributed by atoms with E-state index in [1.807, 2.05) is 0 Å². The first-order chi connectivity index (χ1) is 10.5. The number of rotatable bonds is 4. The Bertz CT molecular complexity index is 740. The fourth-order valence-electron chi connectivity index (χ4n) is 1.64. The molecule has 0 aliphatic heterocycles. The molecule has 7 heteroatoms. The van der Waals surface area contributed by atoms with Crippen LogP contribution in [0.15, 0.2) is 51.9 Å². The highest BCUT2D eigenvalue weighted by atomic mass is 79.9. The summed E-state index contributed by atoms with van der Waals surface area (Å²) in [7, 11) is 0. The topological polar surface area (TPSA) is 88.3 Å². The fourth-order valence-corrected chi connectivity index (χ4v) is 1.90. The van der Waals surface area contributed by atoms with Crippen LogP contribution < -0.4 is 10.9 Å². The van der Waals surface area contributed by atoms with E-state index in [0.717, 1.165) is 4.47 Å². The molecule has 1 amide bonds. The normalized spacial score (nSPS) is 11.5. The van der Waals surface area contributed by atoms with E-state index in [9.17, 15) is 14.4 Å². The van der Waals surface area contributed by atoms with Crippen molar-refractivity contribution in [2.24, 2.45) is 0 Å². The van der Waals surface area contributed by atoms with Crippen molar-refractivity contribution in [2.75, 3.05) is 5.32 Å². The first-order valence-electron chi connectivity index (χ1n) is 6.42. The minimum Gasteiger partial charge on any atom is -0.449 e. The molecule has 1 aromatic heterocycles. The number of aromatic nitrogens is 1. The molecule has 0 saturated heterocycles. The maximum absolute atomic E-state index is 12.0. The first kappa shape index (κ1) is 16.0. The Balaban J connectivity index is 1.99. The third-order valence-electron chi connectivity index (χ3n) is 2.80.